The molecule has 1 aliphatic rings. The molecule has 162 valence electrons. The monoisotopic (exact) mass is 452 g/mol. The van der Waals surface area contributed by atoms with Gasteiger partial charge in [-0.1, -0.05) is 11.6 Å². The molecule has 1 amide bonds. The van der Waals surface area contributed by atoms with Crippen LogP contribution in [0.4, 0.5) is 5.69 Å². The van der Waals surface area contributed by atoms with E-state index in [2.05, 4.69) is 5.32 Å². The third kappa shape index (κ3) is 5.06. The zero-order chi connectivity index (χ0) is 21.7. The molecule has 1 N–H and O–H groups in total. The van der Waals surface area contributed by atoms with Crippen molar-refractivity contribution in [2.75, 3.05) is 32.1 Å². The molecule has 1 heterocycles. The molecule has 0 aliphatic carbocycles. The number of anilines is 1. The zero-order valence-corrected chi connectivity index (χ0v) is 18.5. The van der Waals surface area contributed by atoms with Gasteiger partial charge < -0.3 is 14.8 Å². The van der Waals surface area contributed by atoms with Crippen LogP contribution in [0.15, 0.2) is 47.4 Å². The standard InChI is InChI=1S/C21H25ClN2O5S/c1-3-29-20-11-10-18(13-19(20)22)30(26,27)24-12-4-5-15(14-24)21(25)23-16-6-8-17(28-2)9-7-16/h6-11,13,15H,3-5,12,14H2,1-2H3,(H,23,25)/t15-/m1/s1. The maximum Gasteiger partial charge on any atom is 0.243 e. The van der Waals surface area contributed by atoms with Gasteiger partial charge in [0.15, 0.2) is 0 Å². The van der Waals surface area contributed by atoms with Crippen LogP contribution in [-0.2, 0) is 14.8 Å². The van der Waals surface area contributed by atoms with Gasteiger partial charge in [0.05, 0.1) is 29.6 Å². The Labute approximate surface area is 182 Å². The van der Waals surface area contributed by atoms with Gasteiger partial charge in [-0.15, -0.1) is 0 Å². The number of carbonyl (C=O) groups excluding carboxylic acids is 1. The fourth-order valence-electron chi connectivity index (χ4n) is 3.36. The maximum absolute atomic E-state index is 13.1. The number of nitrogens with zero attached hydrogens (tertiary/aromatic N) is 1. The molecular formula is C21H25ClN2O5S. The van der Waals surface area contributed by atoms with Crippen LogP contribution in [0.25, 0.3) is 0 Å². The van der Waals surface area contributed by atoms with E-state index in [0.717, 1.165) is 0 Å². The van der Waals surface area contributed by atoms with Gasteiger partial charge in [0.1, 0.15) is 11.5 Å². The lowest BCUT2D eigenvalue weighted by Crippen LogP contribution is -2.43. The number of benzene rings is 2. The number of hydrogen-bond donors (Lipinski definition) is 1. The summed E-state index contributed by atoms with van der Waals surface area (Å²) in [6.07, 6.45) is 1.22. The summed E-state index contributed by atoms with van der Waals surface area (Å²) in [6, 6.07) is 11.4. The van der Waals surface area contributed by atoms with Gasteiger partial charge in [0.25, 0.3) is 0 Å². The minimum absolute atomic E-state index is 0.0900. The molecule has 1 atom stereocenters. The first-order chi connectivity index (χ1) is 14.3. The van der Waals surface area contributed by atoms with Gasteiger partial charge in [0.2, 0.25) is 15.9 Å². The Hall–Kier alpha value is -2.29. The van der Waals surface area contributed by atoms with Crippen LogP contribution in [-0.4, -0.2) is 45.4 Å². The molecule has 0 saturated carbocycles. The first-order valence-corrected chi connectivity index (χ1v) is 11.5. The van der Waals surface area contributed by atoms with E-state index in [4.69, 9.17) is 21.1 Å². The molecule has 9 heteroatoms. The Morgan fingerprint density at radius 3 is 2.60 bits per heavy atom. The van der Waals surface area contributed by atoms with Gasteiger partial charge in [-0.05, 0) is 62.2 Å². The highest BCUT2D eigenvalue weighted by atomic mass is 35.5. The first kappa shape index (κ1) is 22.4. The molecular weight excluding hydrogens is 428 g/mol. The van der Waals surface area contributed by atoms with Crippen LogP contribution in [0.5, 0.6) is 11.5 Å². The number of ether oxygens (including phenoxy) is 2. The number of sulfonamides is 1. The van der Waals surface area contributed by atoms with Crippen LogP contribution in [0.1, 0.15) is 19.8 Å². The minimum Gasteiger partial charge on any atom is -0.497 e. The molecule has 1 fully saturated rings. The number of hydrogen-bond acceptors (Lipinski definition) is 5. The number of nitrogens with one attached hydrogen (secondary N) is 1. The van der Waals surface area contributed by atoms with Crippen molar-refractivity contribution in [3.05, 3.63) is 47.5 Å². The molecule has 2 aromatic carbocycles. The van der Waals surface area contributed by atoms with Crippen LogP contribution in [0, 0.1) is 5.92 Å². The third-order valence-electron chi connectivity index (χ3n) is 4.95. The van der Waals surface area contributed by atoms with E-state index in [0.29, 0.717) is 43.2 Å². The summed E-state index contributed by atoms with van der Waals surface area (Å²) in [5.74, 6) is 0.490. The second-order valence-electron chi connectivity index (χ2n) is 6.95. The van der Waals surface area contributed by atoms with E-state index in [1.165, 1.54) is 16.4 Å². The van der Waals surface area contributed by atoms with Crippen molar-refractivity contribution in [2.45, 2.75) is 24.7 Å². The van der Waals surface area contributed by atoms with Crippen molar-refractivity contribution in [1.29, 1.82) is 0 Å². The Balaban J connectivity index is 1.71. The maximum atomic E-state index is 13.1. The molecule has 0 bridgehead atoms. The molecule has 0 radical (unpaired) electrons. The minimum atomic E-state index is -3.77. The lowest BCUT2D eigenvalue weighted by molar-refractivity contribution is -0.120. The average Bonchev–Trinajstić information content (AvgIpc) is 2.76. The third-order valence-corrected chi connectivity index (χ3v) is 7.11. The van der Waals surface area contributed by atoms with Crippen molar-refractivity contribution >= 4 is 33.2 Å². The fraction of sp³-hybridized carbons (Fsp3) is 0.381. The van der Waals surface area contributed by atoms with Gasteiger partial charge >= 0.3 is 0 Å². The summed E-state index contributed by atoms with van der Waals surface area (Å²) < 4.78 is 38.0. The summed E-state index contributed by atoms with van der Waals surface area (Å²) in [4.78, 5) is 12.8. The van der Waals surface area contributed by atoms with Crippen LogP contribution in [0.3, 0.4) is 0 Å². The Bertz CT molecular complexity index is 995. The molecule has 7 nitrogen and oxygen atoms in total. The quantitative estimate of drug-likeness (QED) is 0.690. The predicted octanol–water partition coefficient (Wildman–Crippen LogP) is 3.79. The van der Waals surface area contributed by atoms with Crippen LogP contribution < -0.4 is 14.8 Å². The van der Waals surface area contributed by atoms with E-state index >= 15 is 0 Å². The van der Waals surface area contributed by atoms with E-state index in [-0.39, 0.29) is 22.4 Å². The molecule has 0 unspecified atom stereocenters. The number of halogens is 1. The van der Waals surface area contributed by atoms with Gasteiger partial charge in [-0.2, -0.15) is 4.31 Å². The topological polar surface area (TPSA) is 84.9 Å². The van der Waals surface area contributed by atoms with Crippen molar-refractivity contribution in [3.8, 4) is 11.5 Å². The van der Waals surface area contributed by atoms with Crippen LogP contribution >= 0.6 is 11.6 Å². The van der Waals surface area contributed by atoms with E-state index < -0.39 is 15.9 Å². The summed E-state index contributed by atoms with van der Waals surface area (Å²) in [5, 5.41) is 3.09. The highest BCUT2D eigenvalue weighted by molar-refractivity contribution is 7.89. The molecule has 0 aromatic heterocycles. The van der Waals surface area contributed by atoms with Gasteiger partial charge in [-0.3, -0.25) is 4.79 Å². The van der Waals surface area contributed by atoms with Gasteiger partial charge in [-0.25, -0.2) is 8.42 Å². The lowest BCUT2D eigenvalue weighted by Gasteiger charge is -2.31. The summed E-state index contributed by atoms with van der Waals surface area (Å²) in [5.41, 5.74) is 0.638. The molecule has 0 spiro atoms. The van der Waals surface area contributed by atoms with Crippen molar-refractivity contribution in [1.82, 2.24) is 4.31 Å². The number of piperidine rings is 1. The second kappa shape index (κ2) is 9.68. The van der Waals surface area contributed by atoms with Crippen LogP contribution in [0.2, 0.25) is 5.02 Å². The molecule has 1 saturated heterocycles. The normalized spacial score (nSPS) is 17.4. The summed E-state index contributed by atoms with van der Waals surface area (Å²) >= 11 is 6.16. The molecule has 2 aromatic rings. The number of rotatable bonds is 7. The van der Waals surface area contributed by atoms with Crippen molar-refractivity contribution < 1.29 is 22.7 Å². The predicted molar refractivity (Wildman–Crippen MR) is 116 cm³/mol. The Morgan fingerprint density at radius 2 is 1.97 bits per heavy atom. The summed E-state index contributed by atoms with van der Waals surface area (Å²) in [7, 11) is -2.20. The number of methoxy groups -OCH3 is 1. The average molecular weight is 453 g/mol. The largest absolute Gasteiger partial charge is 0.497 e. The fourth-order valence-corrected chi connectivity index (χ4v) is 5.21. The second-order valence-corrected chi connectivity index (χ2v) is 9.29. The Kier molecular flexibility index (Phi) is 7.23. The van der Waals surface area contributed by atoms with Crippen molar-refractivity contribution in [2.24, 2.45) is 5.92 Å². The van der Waals surface area contributed by atoms with E-state index in [9.17, 15) is 13.2 Å². The SMILES string of the molecule is CCOc1ccc(S(=O)(=O)N2CCC[C@@H](C(=O)Nc3ccc(OC)cc3)C2)cc1Cl. The molecule has 1 aliphatic heterocycles. The highest BCUT2D eigenvalue weighted by Gasteiger charge is 2.33. The highest BCUT2D eigenvalue weighted by Crippen LogP contribution is 2.30. The van der Waals surface area contributed by atoms with E-state index in [1.807, 2.05) is 6.92 Å². The number of amides is 1. The van der Waals surface area contributed by atoms with Crippen molar-refractivity contribution in [3.63, 3.8) is 0 Å². The zero-order valence-electron chi connectivity index (χ0n) is 16.9. The smallest absolute Gasteiger partial charge is 0.243 e. The van der Waals surface area contributed by atoms with E-state index in [1.54, 1.807) is 37.4 Å². The molecule has 3 rings (SSSR count). The first-order valence-electron chi connectivity index (χ1n) is 9.72. The lowest BCUT2D eigenvalue weighted by atomic mass is 9.99. The summed E-state index contributed by atoms with van der Waals surface area (Å²) in [6.45, 7) is 2.74. The molecule has 30 heavy (non-hydrogen) atoms. The van der Waals surface area contributed by atoms with Gasteiger partial charge in [0, 0.05) is 18.8 Å². The number of carbonyl (C=O) groups is 1. The Morgan fingerprint density at radius 1 is 1.23 bits per heavy atom.